The number of fused-ring (bicyclic) bond motifs is 3. The van der Waals surface area contributed by atoms with Gasteiger partial charge in [-0.2, -0.15) is 0 Å². The molecule has 0 fully saturated rings. The van der Waals surface area contributed by atoms with E-state index in [4.69, 9.17) is 25.0 Å². The first-order valence-electron chi connectivity index (χ1n) is 23.4. The van der Waals surface area contributed by atoms with Gasteiger partial charge in [0.15, 0.2) is 23.3 Å². The average Bonchev–Trinajstić information content (AvgIpc) is 3.55. The molecule has 68 heavy (non-hydrogen) atoms. The molecule has 5 aromatic carbocycles. The molecule has 7 aromatic rings. The molecule has 1 N–H and O–H groups in total. The molecule has 7 heteroatoms. The van der Waals surface area contributed by atoms with E-state index in [1.165, 1.54) is 95.7 Å². The monoisotopic (exact) mass is 1080 g/mol. The van der Waals surface area contributed by atoms with E-state index in [-0.39, 0.29) is 55.3 Å². The van der Waals surface area contributed by atoms with Crippen LogP contribution in [0.1, 0.15) is 141 Å². The number of carbonyl (C=O) groups is 1. The van der Waals surface area contributed by atoms with Gasteiger partial charge in [0.25, 0.3) is 0 Å². The van der Waals surface area contributed by atoms with Crippen LogP contribution in [0.2, 0.25) is 0 Å². The van der Waals surface area contributed by atoms with Crippen LogP contribution in [0.3, 0.4) is 0 Å². The minimum Gasteiger partial charge on any atom is -0.512 e. The Bertz CT molecular complexity index is 2790. The second-order valence-corrected chi connectivity index (χ2v) is 20.2. The van der Waals surface area contributed by atoms with Crippen molar-refractivity contribution >= 4 is 5.78 Å². The summed E-state index contributed by atoms with van der Waals surface area (Å²) in [6, 6.07) is 45.6. The van der Waals surface area contributed by atoms with Crippen LogP contribution >= 0.6 is 0 Å². The molecule has 0 amide bonds. The number of aryl methyl sites for hydroxylation is 2. The molecule has 2 aromatic heterocycles. The van der Waals surface area contributed by atoms with Gasteiger partial charge in [0, 0.05) is 54.5 Å². The summed E-state index contributed by atoms with van der Waals surface area (Å²) in [5.74, 6) is 1.81. The first-order valence-corrected chi connectivity index (χ1v) is 23.4. The van der Waals surface area contributed by atoms with Crippen LogP contribution in [-0.4, -0.2) is 30.8 Å². The molecule has 0 spiro atoms. The van der Waals surface area contributed by atoms with Crippen LogP contribution in [0.15, 0.2) is 133 Å². The summed E-state index contributed by atoms with van der Waals surface area (Å²) in [7, 11) is 0. The van der Waals surface area contributed by atoms with Crippen LogP contribution in [0.25, 0.3) is 56.5 Å². The van der Waals surface area contributed by atoms with Crippen molar-refractivity contribution in [3.63, 3.8) is 0 Å². The summed E-state index contributed by atoms with van der Waals surface area (Å²) in [4.78, 5) is 30.2. The van der Waals surface area contributed by atoms with Gasteiger partial charge in [0.2, 0.25) is 0 Å². The van der Waals surface area contributed by atoms with Crippen molar-refractivity contribution in [3.8, 4) is 56.5 Å². The molecule has 1 radical (unpaired) electrons. The number of hydrogen-bond acceptors (Lipinski definition) is 6. The van der Waals surface area contributed by atoms with Gasteiger partial charge in [0.1, 0.15) is 0 Å². The van der Waals surface area contributed by atoms with E-state index < -0.39 is 0 Å². The number of benzene rings is 5. The fourth-order valence-corrected chi connectivity index (χ4v) is 8.92. The third-order valence-corrected chi connectivity index (χ3v) is 12.6. The molecule has 2 heterocycles. The zero-order valence-electron chi connectivity index (χ0n) is 41.1. The van der Waals surface area contributed by atoms with Crippen LogP contribution in [-0.2, 0) is 47.6 Å². The maximum atomic E-state index is 10.0. The molecule has 0 aliphatic heterocycles. The minimum atomic E-state index is -0.312. The summed E-state index contributed by atoms with van der Waals surface area (Å²) in [5.41, 5.74) is 16.1. The number of ketones is 1. The summed E-state index contributed by atoms with van der Waals surface area (Å²) in [5, 5.41) is 8.36. The number of carbonyl (C=O) groups excluding carboxylic acids is 1. The van der Waals surface area contributed by atoms with E-state index in [9.17, 15) is 4.79 Å². The molecular formula is C61H69IrN4O2-. The van der Waals surface area contributed by atoms with Crippen molar-refractivity contribution in [3.05, 3.63) is 178 Å². The third kappa shape index (κ3) is 12.0. The summed E-state index contributed by atoms with van der Waals surface area (Å²) < 4.78 is 0. The van der Waals surface area contributed by atoms with Gasteiger partial charge in [0.05, 0.1) is 5.76 Å². The standard InChI is InChI=1S/C55H57N4.C5H8O2.CH4.Ir/c1-10-11-12-13-16-37-31-36(2)32-44(33-37)55(9)47-18-15-14-17-45(47)46-29-23-40(34-48(46)55)49-30-24-41(35-56-49)52-58-50(38-19-25-42(26-20-38)53(3,4)5)57-51(59-52)39-21-27-43(28-22-39)54(6,7)8;1-4(6)3-5(2)7;;/h14-15,17-22,24-35H,10-13,16H2,1-9H3;3,6H,1-2H3;1H4;/q-1;;;. The Balaban J connectivity index is 0.000000892. The summed E-state index contributed by atoms with van der Waals surface area (Å²) in [6.07, 6.45) is 9.22. The Labute approximate surface area is 420 Å². The van der Waals surface area contributed by atoms with Gasteiger partial charge in [-0.25, -0.2) is 15.0 Å². The fraction of sp³-hybridized carbons (Fsp3) is 0.328. The van der Waals surface area contributed by atoms with Crippen LogP contribution < -0.4 is 0 Å². The number of hydrogen-bond donors (Lipinski definition) is 1. The van der Waals surface area contributed by atoms with Gasteiger partial charge >= 0.3 is 0 Å². The third-order valence-electron chi connectivity index (χ3n) is 12.6. The topological polar surface area (TPSA) is 88.9 Å². The van der Waals surface area contributed by atoms with E-state index in [0.29, 0.717) is 17.5 Å². The molecule has 1 atom stereocenters. The second-order valence-electron chi connectivity index (χ2n) is 20.2. The normalized spacial score (nSPS) is 14.1. The predicted octanol–water partition coefficient (Wildman–Crippen LogP) is 15.8. The van der Waals surface area contributed by atoms with Crippen molar-refractivity contribution < 1.29 is 30.0 Å². The quantitative estimate of drug-likeness (QED) is 0.0601. The van der Waals surface area contributed by atoms with Crippen LogP contribution in [0, 0.1) is 13.0 Å². The molecule has 6 nitrogen and oxygen atoms in total. The molecule has 355 valence electrons. The Morgan fingerprint density at radius 3 is 1.75 bits per heavy atom. The van der Waals surface area contributed by atoms with E-state index >= 15 is 0 Å². The molecule has 1 unspecified atom stereocenters. The van der Waals surface area contributed by atoms with Gasteiger partial charge in [-0.3, -0.25) is 4.79 Å². The number of pyridine rings is 1. The zero-order valence-corrected chi connectivity index (χ0v) is 43.5. The van der Waals surface area contributed by atoms with Gasteiger partial charge < -0.3 is 10.1 Å². The number of aliphatic hydroxyl groups is 1. The van der Waals surface area contributed by atoms with Gasteiger partial charge in [-0.05, 0) is 84.9 Å². The molecule has 0 bridgehead atoms. The first kappa shape index (κ1) is 53.1. The molecule has 0 saturated carbocycles. The molecule has 8 rings (SSSR count). The number of aromatic nitrogens is 4. The Kier molecular flexibility index (Phi) is 17.2. The largest absolute Gasteiger partial charge is 0.512 e. The Morgan fingerprint density at radius 2 is 1.25 bits per heavy atom. The Morgan fingerprint density at radius 1 is 0.691 bits per heavy atom. The molecular weight excluding hydrogens is 1010 g/mol. The number of aliphatic hydroxyl groups excluding tert-OH is 1. The minimum absolute atomic E-state index is 0. The van der Waals surface area contributed by atoms with E-state index in [1.807, 2.05) is 6.20 Å². The van der Waals surface area contributed by atoms with Crippen molar-refractivity contribution in [1.82, 2.24) is 19.9 Å². The molecule has 0 saturated heterocycles. The maximum absolute atomic E-state index is 10.0. The van der Waals surface area contributed by atoms with Crippen molar-refractivity contribution in [2.24, 2.45) is 0 Å². The zero-order chi connectivity index (χ0) is 47.4. The predicted molar refractivity (Wildman–Crippen MR) is 279 cm³/mol. The average molecular weight is 1080 g/mol. The number of rotatable bonds is 11. The van der Waals surface area contributed by atoms with Crippen LogP contribution in [0.5, 0.6) is 0 Å². The van der Waals surface area contributed by atoms with Crippen LogP contribution in [0.4, 0.5) is 0 Å². The van der Waals surface area contributed by atoms with E-state index in [2.05, 4.69) is 184 Å². The number of nitrogens with zero attached hydrogens (tertiary/aromatic N) is 4. The van der Waals surface area contributed by atoms with Crippen molar-refractivity contribution in [2.45, 2.75) is 132 Å². The number of allylic oxidation sites excluding steroid dienone is 2. The second kappa shape index (κ2) is 22.0. The van der Waals surface area contributed by atoms with Crippen molar-refractivity contribution in [2.75, 3.05) is 0 Å². The first-order chi connectivity index (χ1) is 31.3. The van der Waals surface area contributed by atoms with Gasteiger partial charge in [-0.1, -0.05) is 195 Å². The molecule has 1 aliphatic carbocycles. The van der Waals surface area contributed by atoms with Gasteiger partial charge in [-0.15, -0.1) is 29.3 Å². The molecule has 1 aliphatic rings. The smallest absolute Gasteiger partial charge is 0.165 e. The SMILES string of the molecule is C.CC(=O)C=C(C)O.CCCCCCc1cc(C)cc(C2(C)c3ccccc3-c3c[c-]c(-c4ccc(-c5nc(-c6ccc(C(C)(C)C)cc6)nc(-c6ccc(C(C)(C)C)cc6)n5)cn4)cc32)c1.[Ir]. The number of unbranched alkanes of at least 4 members (excludes halogenated alkanes) is 3. The van der Waals surface area contributed by atoms with E-state index in [1.54, 1.807) is 0 Å². The van der Waals surface area contributed by atoms with Crippen molar-refractivity contribution in [1.29, 1.82) is 0 Å². The summed E-state index contributed by atoms with van der Waals surface area (Å²) in [6.45, 7) is 23.1. The Hall–Kier alpha value is -5.88. The van der Waals surface area contributed by atoms with E-state index in [0.717, 1.165) is 34.4 Å². The maximum Gasteiger partial charge on any atom is 0.165 e. The summed E-state index contributed by atoms with van der Waals surface area (Å²) >= 11 is 0. The fourth-order valence-electron chi connectivity index (χ4n) is 8.92.